The molecule has 0 aliphatic rings. The molecule has 0 amide bonds. The van der Waals surface area contributed by atoms with Crippen LogP contribution in [0, 0.1) is 0 Å². The van der Waals surface area contributed by atoms with Gasteiger partial charge in [0, 0.05) is 25.8 Å². The summed E-state index contributed by atoms with van der Waals surface area (Å²) in [5.74, 6) is -0.504. The van der Waals surface area contributed by atoms with Crippen molar-refractivity contribution in [2.75, 3.05) is 33.0 Å². The van der Waals surface area contributed by atoms with Crippen LogP contribution in [0.5, 0.6) is 11.5 Å². The number of aryl methyl sites for hydroxylation is 1. The molecule has 40 heavy (non-hydrogen) atoms. The molecule has 0 aliphatic carbocycles. The Morgan fingerprint density at radius 2 is 1.57 bits per heavy atom. The normalized spacial score (nSPS) is 12.2. The van der Waals surface area contributed by atoms with E-state index in [1.165, 1.54) is 25.2 Å². The molecule has 0 saturated carbocycles. The van der Waals surface area contributed by atoms with Gasteiger partial charge in [-0.2, -0.15) is 31.4 Å². The van der Waals surface area contributed by atoms with Crippen LogP contribution in [0.15, 0.2) is 36.4 Å². The zero-order valence-electron chi connectivity index (χ0n) is 21.8. The molecule has 1 N–H and O–H groups in total. The summed E-state index contributed by atoms with van der Waals surface area (Å²) in [4.78, 5) is 0. The minimum atomic E-state index is -4.78. The summed E-state index contributed by atoms with van der Waals surface area (Å²) < 4.78 is 97.8. The summed E-state index contributed by atoms with van der Waals surface area (Å²) >= 11 is 5.77. The van der Waals surface area contributed by atoms with E-state index in [0.717, 1.165) is 35.7 Å². The molecule has 220 valence electrons. The van der Waals surface area contributed by atoms with E-state index in [4.69, 9.17) is 25.8 Å². The van der Waals surface area contributed by atoms with Gasteiger partial charge in [0.25, 0.3) is 0 Å². The average Bonchev–Trinajstić information content (AvgIpc) is 3.27. The number of nitrogens with zero attached hydrogens (tertiary/aromatic N) is 2. The van der Waals surface area contributed by atoms with Gasteiger partial charge in [-0.1, -0.05) is 17.7 Å². The van der Waals surface area contributed by atoms with E-state index in [1.54, 1.807) is 0 Å². The minimum absolute atomic E-state index is 0.0582. The van der Waals surface area contributed by atoms with Gasteiger partial charge in [-0.05, 0) is 62.1 Å². The largest absolute Gasteiger partial charge is 0.506 e. The molecule has 13 heteroatoms. The molecule has 0 atom stereocenters. The van der Waals surface area contributed by atoms with E-state index in [-0.39, 0.29) is 34.7 Å². The minimum Gasteiger partial charge on any atom is -0.506 e. The van der Waals surface area contributed by atoms with Crippen LogP contribution in [0.2, 0.25) is 5.02 Å². The van der Waals surface area contributed by atoms with Crippen molar-refractivity contribution in [3.8, 4) is 33.9 Å². The Labute approximate surface area is 232 Å². The van der Waals surface area contributed by atoms with Gasteiger partial charge in [0.2, 0.25) is 0 Å². The lowest BCUT2D eigenvalue weighted by atomic mass is 9.97. The number of halogens is 7. The molecule has 0 spiro atoms. The molecule has 6 nitrogen and oxygen atoms in total. The lowest BCUT2D eigenvalue weighted by Gasteiger charge is -2.18. The summed E-state index contributed by atoms with van der Waals surface area (Å²) in [6.07, 6.45) is -7.44. The Hall–Kier alpha value is -2.96. The third-order valence-electron chi connectivity index (χ3n) is 5.91. The fraction of sp³-hybridized carbons (Fsp3) is 0.444. The number of aromatic hydroxyl groups is 1. The summed E-state index contributed by atoms with van der Waals surface area (Å²) in [6, 6.07) is 6.54. The van der Waals surface area contributed by atoms with E-state index in [2.05, 4.69) is 5.10 Å². The zero-order chi connectivity index (χ0) is 29.5. The van der Waals surface area contributed by atoms with E-state index in [9.17, 15) is 31.4 Å². The SMILES string of the molecule is CCOCCOCCCCCOc1ccc(-c2cc(C(F)(F)F)nn2C)c(O)c1-c1ccc(Cl)c(C(F)(F)F)c1. The first-order valence-electron chi connectivity index (χ1n) is 12.5. The van der Waals surface area contributed by atoms with Crippen LogP contribution < -0.4 is 4.74 Å². The number of phenols is 1. The van der Waals surface area contributed by atoms with Crippen LogP contribution in [0.25, 0.3) is 22.4 Å². The Balaban J connectivity index is 1.89. The molecule has 1 aromatic heterocycles. The first-order valence-corrected chi connectivity index (χ1v) is 12.8. The van der Waals surface area contributed by atoms with Crippen LogP contribution in [-0.2, 0) is 28.9 Å². The van der Waals surface area contributed by atoms with Gasteiger partial charge in [-0.15, -0.1) is 0 Å². The van der Waals surface area contributed by atoms with Gasteiger partial charge in [-0.25, -0.2) is 0 Å². The van der Waals surface area contributed by atoms with Gasteiger partial charge in [0.1, 0.15) is 11.5 Å². The molecular formula is C27H29ClF6N2O4. The third kappa shape index (κ3) is 8.05. The van der Waals surface area contributed by atoms with E-state index >= 15 is 0 Å². The van der Waals surface area contributed by atoms with Crippen molar-refractivity contribution in [2.45, 2.75) is 38.5 Å². The highest BCUT2D eigenvalue weighted by molar-refractivity contribution is 6.31. The fourth-order valence-electron chi connectivity index (χ4n) is 3.96. The molecular weight excluding hydrogens is 566 g/mol. The predicted molar refractivity (Wildman–Crippen MR) is 137 cm³/mol. The van der Waals surface area contributed by atoms with E-state index in [0.29, 0.717) is 32.8 Å². The summed E-state index contributed by atoms with van der Waals surface area (Å²) in [7, 11) is 1.26. The Morgan fingerprint density at radius 1 is 0.875 bits per heavy atom. The number of hydrogen-bond donors (Lipinski definition) is 1. The topological polar surface area (TPSA) is 65.7 Å². The van der Waals surface area contributed by atoms with Crippen LogP contribution in [0.1, 0.15) is 37.4 Å². The second-order valence-corrected chi connectivity index (χ2v) is 9.19. The van der Waals surface area contributed by atoms with Gasteiger partial charge in [0.05, 0.1) is 41.7 Å². The maximum absolute atomic E-state index is 13.6. The molecule has 1 heterocycles. The summed E-state index contributed by atoms with van der Waals surface area (Å²) in [5.41, 5.74) is -2.67. The number of aromatic nitrogens is 2. The number of unbranched alkanes of at least 4 members (excludes halogenated alkanes) is 2. The number of ether oxygens (including phenoxy) is 3. The van der Waals surface area contributed by atoms with E-state index < -0.39 is 34.4 Å². The standard InChI is InChI=1S/C27H29ClF6N2O4/c1-3-38-13-14-39-11-5-4-6-12-40-22-10-8-18(21-16-23(27(32,33)34)35-36(21)2)25(37)24(22)17-7-9-20(28)19(15-17)26(29,30)31/h7-10,15-16,37H,3-6,11-14H2,1-2H3. The smallest absolute Gasteiger partial charge is 0.435 e. The van der Waals surface area contributed by atoms with Crippen LogP contribution in [0.3, 0.4) is 0 Å². The first kappa shape index (κ1) is 31.6. The Kier molecular flexibility index (Phi) is 10.7. The maximum atomic E-state index is 13.6. The lowest BCUT2D eigenvalue weighted by Crippen LogP contribution is -2.07. The van der Waals surface area contributed by atoms with Gasteiger partial charge < -0.3 is 19.3 Å². The average molecular weight is 595 g/mol. The second-order valence-electron chi connectivity index (χ2n) is 8.78. The van der Waals surface area contributed by atoms with Crippen molar-refractivity contribution in [3.05, 3.63) is 52.7 Å². The molecule has 0 fully saturated rings. The quantitative estimate of drug-likeness (QED) is 0.162. The number of benzene rings is 2. The number of phenolic OH excluding ortho intramolecular Hbond substituents is 1. The molecule has 0 unspecified atom stereocenters. The van der Waals surface area contributed by atoms with Gasteiger partial charge in [-0.3, -0.25) is 4.68 Å². The monoisotopic (exact) mass is 594 g/mol. The van der Waals surface area contributed by atoms with Gasteiger partial charge >= 0.3 is 12.4 Å². The zero-order valence-corrected chi connectivity index (χ0v) is 22.6. The number of rotatable bonds is 13. The van der Waals surface area contributed by atoms with Crippen LogP contribution in [0.4, 0.5) is 26.3 Å². The van der Waals surface area contributed by atoms with Crippen LogP contribution in [-0.4, -0.2) is 47.9 Å². The first-order chi connectivity index (χ1) is 18.8. The van der Waals surface area contributed by atoms with Crippen molar-refractivity contribution in [2.24, 2.45) is 7.05 Å². The highest BCUT2D eigenvalue weighted by Gasteiger charge is 2.36. The highest BCUT2D eigenvalue weighted by atomic mass is 35.5. The van der Waals surface area contributed by atoms with Crippen molar-refractivity contribution >= 4 is 11.6 Å². The molecule has 0 radical (unpaired) electrons. The third-order valence-corrected chi connectivity index (χ3v) is 6.24. The lowest BCUT2D eigenvalue weighted by molar-refractivity contribution is -0.141. The molecule has 0 aliphatic heterocycles. The molecule has 0 bridgehead atoms. The second kappa shape index (κ2) is 13.6. The molecule has 2 aromatic carbocycles. The molecule has 3 rings (SSSR count). The van der Waals surface area contributed by atoms with Crippen molar-refractivity contribution in [3.63, 3.8) is 0 Å². The summed E-state index contributed by atoms with van der Waals surface area (Å²) in [5, 5.41) is 14.1. The Morgan fingerprint density at radius 3 is 2.23 bits per heavy atom. The fourth-order valence-corrected chi connectivity index (χ4v) is 4.19. The summed E-state index contributed by atoms with van der Waals surface area (Å²) in [6.45, 7) is 4.21. The maximum Gasteiger partial charge on any atom is 0.435 e. The highest BCUT2D eigenvalue weighted by Crippen LogP contribution is 2.47. The van der Waals surface area contributed by atoms with E-state index in [1.807, 2.05) is 6.92 Å². The predicted octanol–water partition coefficient (Wildman–Crippen LogP) is 7.75. The van der Waals surface area contributed by atoms with Crippen molar-refractivity contribution in [1.29, 1.82) is 0 Å². The number of alkyl halides is 6. The Bertz CT molecular complexity index is 1280. The van der Waals surface area contributed by atoms with Crippen molar-refractivity contribution < 1.29 is 45.7 Å². The molecule has 0 saturated heterocycles. The van der Waals surface area contributed by atoms with Crippen molar-refractivity contribution in [1.82, 2.24) is 9.78 Å². The van der Waals surface area contributed by atoms with Crippen LogP contribution >= 0.6 is 11.6 Å². The number of hydrogen-bond acceptors (Lipinski definition) is 5. The van der Waals surface area contributed by atoms with Gasteiger partial charge in [0.15, 0.2) is 5.69 Å². The molecule has 3 aromatic rings.